The lowest BCUT2D eigenvalue weighted by atomic mass is 9.88. The van der Waals surface area contributed by atoms with E-state index in [1.807, 2.05) is 33.0 Å². The summed E-state index contributed by atoms with van der Waals surface area (Å²) < 4.78 is 11.5. The lowest BCUT2D eigenvalue weighted by molar-refractivity contribution is 0.303. The van der Waals surface area contributed by atoms with E-state index < -0.39 is 0 Å². The molecule has 1 aromatic carbocycles. The zero-order valence-electron chi connectivity index (χ0n) is 11.6. The van der Waals surface area contributed by atoms with Gasteiger partial charge in [-0.1, -0.05) is 18.2 Å². The second-order valence-corrected chi connectivity index (χ2v) is 5.09. The molecule has 1 aliphatic heterocycles. The van der Waals surface area contributed by atoms with Gasteiger partial charge in [-0.15, -0.1) is 0 Å². The molecule has 1 aliphatic rings. The number of hydrogen-bond donors (Lipinski definition) is 1. The number of para-hydroxylation sites is 1. The van der Waals surface area contributed by atoms with Crippen molar-refractivity contribution in [3.05, 3.63) is 53.0 Å². The van der Waals surface area contributed by atoms with E-state index in [2.05, 4.69) is 23.5 Å². The van der Waals surface area contributed by atoms with Gasteiger partial charge in [0.2, 0.25) is 0 Å². The average molecular weight is 257 g/mol. The molecule has 2 heterocycles. The van der Waals surface area contributed by atoms with Crippen LogP contribution in [0, 0.1) is 13.8 Å². The topological polar surface area (TPSA) is 34.4 Å². The molecule has 100 valence electrons. The monoisotopic (exact) mass is 257 g/mol. The third kappa shape index (κ3) is 2.04. The molecule has 2 atom stereocenters. The van der Waals surface area contributed by atoms with E-state index >= 15 is 0 Å². The van der Waals surface area contributed by atoms with Gasteiger partial charge in [-0.25, -0.2) is 0 Å². The summed E-state index contributed by atoms with van der Waals surface area (Å²) in [6, 6.07) is 10.6. The van der Waals surface area contributed by atoms with Crippen molar-refractivity contribution >= 4 is 0 Å². The molecule has 0 amide bonds. The van der Waals surface area contributed by atoms with Crippen molar-refractivity contribution in [1.82, 2.24) is 5.32 Å². The van der Waals surface area contributed by atoms with Crippen LogP contribution in [-0.4, -0.2) is 13.7 Å². The molecule has 0 saturated heterocycles. The third-order valence-corrected chi connectivity index (χ3v) is 3.86. The van der Waals surface area contributed by atoms with Gasteiger partial charge < -0.3 is 14.5 Å². The first-order valence-electron chi connectivity index (χ1n) is 6.66. The largest absolute Gasteiger partial charge is 0.493 e. The van der Waals surface area contributed by atoms with Gasteiger partial charge in [0.15, 0.2) is 0 Å². The Kier molecular flexibility index (Phi) is 3.07. The van der Waals surface area contributed by atoms with Gasteiger partial charge in [0.05, 0.1) is 6.61 Å². The van der Waals surface area contributed by atoms with Crippen LogP contribution in [0.4, 0.5) is 0 Å². The van der Waals surface area contributed by atoms with Crippen LogP contribution in [-0.2, 0) is 0 Å². The maximum absolute atomic E-state index is 5.79. The Labute approximate surface area is 113 Å². The van der Waals surface area contributed by atoms with Crippen LogP contribution < -0.4 is 10.1 Å². The van der Waals surface area contributed by atoms with Crippen molar-refractivity contribution in [2.24, 2.45) is 0 Å². The highest BCUT2D eigenvalue weighted by Gasteiger charge is 2.33. The molecule has 0 spiro atoms. The summed E-state index contributed by atoms with van der Waals surface area (Å²) in [6.07, 6.45) is 0. The Morgan fingerprint density at radius 1 is 1.26 bits per heavy atom. The minimum atomic E-state index is 0.223. The normalized spacial score (nSPS) is 19.0. The first-order chi connectivity index (χ1) is 9.20. The van der Waals surface area contributed by atoms with Crippen molar-refractivity contribution in [1.29, 1.82) is 0 Å². The van der Waals surface area contributed by atoms with Crippen LogP contribution in [0.3, 0.4) is 0 Å². The number of nitrogens with one attached hydrogen (secondary N) is 1. The van der Waals surface area contributed by atoms with Gasteiger partial charge in [-0.05, 0) is 33.0 Å². The molecule has 0 aliphatic carbocycles. The summed E-state index contributed by atoms with van der Waals surface area (Å²) in [4.78, 5) is 0. The average Bonchev–Trinajstić information content (AvgIpc) is 2.96. The molecule has 1 aromatic heterocycles. The van der Waals surface area contributed by atoms with Crippen LogP contribution in [0.1, 0.15) is 34.6 Å². The van der Waals surface area contributed by atoms with E-state index in [-0.39, 0.29) is 6.04 Å². The van der Waals surface area contributed by atoms with Gasteiger partial charge in [-0.2, -0.15) is 0 Å². The lowest BCUT2D eigenvalue weighted by Crippen LogP contribution is -2.25. The molecule has 0 radical (unpaired) electrons. The highest BCUT2D eigenvalue weighted by molar-refractivity contribution is 5.42. The molecule has 2 unspecified atom stereocenters. The maximum Gasteiger partial charge on any atom is 0.122 e. The summed E-state index contributed by atoms with van der Waals surface area (Å²) >= 11 is 0. The van der Waals surface area contributed by atoms with Crippen LogP contribution in [0.25, 0.3) is 0 Å². The quantitative estimate of drug-likeness (QED) is 0.915. The van der Waals surface area contributed by atoms with Gasteiger partial charge in [0.25, 0.3) is 0 Å². The van der Waals surface area contributed by atoms with Crippen molar-refractivity contribution in [3.8, 4) is 5.75 Å². The molecular formula is C16H19NO2. The minimum absolute atomic E-state index is 0.223. The number of fused-ring (bicyclic) bond motifs is 1. The first-order valence-corrected chi connectivity index (χ1v) is 6.66. The molecule has 19 heavy (non-hydrogen) atoms. The smallest absolute Gasteiger partial charge is 0.122 e. The molecule has 2 aromatic rings. The Morgan fingerprint density at radius 2 is 2.05 bits per heavy atom. The number of rotatable bonds is 3. The van der Waals surface area contributed by atoms with Crippen LogP contribution >= 0.6 is 0 Å². The Balaban J connectivity index is 1.99. The van der Waals surface area contributed by atoms with Crippen molar-refractivity contribution in [2.45, 2.75) is 25.8 Å². The van der Waals surface area contributed by atoms with E-state index in [4.69, 9.17) is 9.15 Å². The number of ether oxygens (including phenoxy) is 1. The van der Waals surface area contributed by atoms with Gasteiger partial charge >= 0.3 is 0 Å². The molecule has 3 heteroatoms. The maximum atomic E-state index is 5.79. The fourth-order valence-corrected chi connectivity index (χ4v) is 3.00. The Morgan fingerprint density at radius 3 is 2.74 bits per heavy atom. The standard InChI is InChI=1S/C16H19NO2/c1-10-8-13(11(2)19-10)16(17-3)14-9-18-15-7-5-4-6-12(14)15/h4-8,14,16-17H,9H2,1-3H3. The predicted octanol–water partition coefficient (Wildman–Crippen LogP) is 3.33. The highest BCUT2D eigenvalue weighted by Crippen LogP contribution is 2.42. The van der Waals surface area contributed by atoms with Crippen LogP contribution in [0.5, 0.6) is 5.75 Å². The van der Waals surface area contributed by atoms with Crippen molar-refractivity contribution < 1.29 is 9.15 Å². The second kappa shape index (κ2) is 4.74. The number of hydrogen-bond acceptors (Lipinski definition) is 3. The van der Waals surface area contributed by atoms with E-state index in [0.29, 0.717) is 12.5 Å². The molecule has 0 bridgehead atoms. The van der Waals surface area contributed by atoms with Crippen LogP contribution in [0.2, 0.25) is 0 Å². The summed E-state index contributed by atoms with van der Waals surface area (Å²) in [5.74, 6) is 3.28. The van der Waals surface area contributed by atoms with E-state index in [9.17, 15) is 0 Å². The number of benzene rings is 1. The highest BCUT2D eigenvalue weighted by atomic mass is 16.5. The number of furan rings is 1. The molecule has 1 N–H and O–H groups in total. The Bertz CT molecular complexity index is 588. The van der Waals surface area contributed by atoms with Gasteiger partial charge in [0.1, 0.15) is 17.3 Å². The minimum Gasteiger partial charge on any atom is -0.493 e. The summed E-state index contributed by atoms with van der Waals surface area (Å²) in [7, 11) is 1.99. The zero-order valence-corrected chi connectivity index (χ0v) is 11.6. The molecule has 0 fully saturated rings. The first kappa shape index (κ1) is 12.3. The molecule has 3 rings (SSSR count). The molecular weight excluding hydrogens is 238 g/mol. The summed E-state index contributed by atoms with van der Waals surface area (Å²) in [5.41, 5.74) is 2.51. The number of aryl methyl sites for hydroxylation is 2. The van der Waals surface area contributed by atoms with Crippen molar-refractivity contribution in [2.75, 3.05) is 13.7 Å². The Hall–Kier alpha value is -1.74. The number of likely N-dealkylation sites (N-methyl/N-ethyl adjacent to an activating group) is 1. The van der Waals surface area contributed by atoms with E-state index in [1.165, 1.54) is 11.1 Å². The molecule has 3 nitrogen and oxygen atoms in total. The SMILES string of the molecule is CNC(c1cc(C)oc1C)C1COc2ccccc21. The van der Waals surface area contributed by atoms with Crippen molar-refractivity contribution in [3.63, 3.8) is 0 Å². The van der Waals surface area contributed by atoms with Gasteiger partial charge in [0, 0.05) is 23.1 Å². The summed E-state index contributed by atoms with van der Waals surface area (Å²) in [6.45, 7) is 4.73. The van der Waals surface area contributed by atoms with Gasteiger partial charge in [-0.3, -0.25) is 0 Å². The fraction of sp³-hybridized carbons (Fsp3) is 0.375. The molecule has 0 saturated carbocycles. The third-order valence-electron chi connectivity index (χ3n) is 3.86. The zero-order chi connectivity index (χ0) is 13.4. The fourth-order valence-electron chi connectivity index (χ4n) is 3.00. The summed E-state index contributed by atoms with van der Waals surface area (Å²) in [5, 5.41) is 3.42. The lowest BCUT2D eigenvalue weighted by Gasteiger charge is -2.22. The van der Waals surface area contributed by atoms with Crippen LogP contribution in [0.15, 0.2) is 34.7 Å². The second-order valence-electron chi connectivity index (χ2n) is 5.09. The predicted molar refractivity (Wildman–Crippen MR) is 74.7 cm³/mol. The van der Waals surface area contributed by atoms with E-state index in [1.54, 1.807) is 0 Å². The van der Waals surface area contributed by atoms with E-state index in [0.717, 1.165) is 17.3 Å².